The molecule has 1 heterocycles. The zero-order chi connectivity index (χ0) is 13.0. The molecule has 1 aromatic rings. The van der Waals surface area contributed by atoms with E-state index in [2.05, 4.69) is 5.32 Å². The first-order valence-electron chi connectivity index (χ1n) is 5.57. The molecular weight excluding hydrogens is 254 g/mol. The van der Waals surface area contributed by atoms with Crippen molar-refractivity contribution in [1.29, 1.82) is 0 Å². The fraction of sp³-hybridized carbons (Fsp3) is 0.333. The van der Waals surface area contributed by atoms with Gasteiger partial charge in [0.25, 0.3) is 0 Å². The lowest BCUT2D eigenvalue weighted by atomic mass is 10.2. The van der Waals surface area contributed by atoms with Gasteiger partial charge in [-0.05, 0) is 12.0 Å². The molecule has 1 N–H and O–H groups in total. The molecule has 0 aliphatic carbocycles. The summed E-state index contributed by atoms with van der Waals surface area (Å²) < 4.78 is 26.9. The van der Waals surface area contributed by atoms with E-state index in [0.717, 1.165) is 5.56 Å². The van der Waals surface area contributed by atoms with E-state index in [1.165, 1.54) is 0 Å². The second-order valence-electron chi connectivity index (χ2n) is 3.93. The molecule has 1 atom stereocenters. The molecule has 2 rings (SSSR count). The van der Waals surface area contributed by atoms with Crippen LogP contribution >= 0.6 is 0 Å². The Bertz CT molecular complexity index is 557. The number of rotatable bonds is 3. The molecule has 0 saturated carbocycles. The van der Waals surface area contributed by atoms with Crippen LogP contribution in [0, 0.1) is 0 Å². The third-order valence-corrected chi connectivity index (χ3v) is 3.58. The van der Waals surface area contributed by atoms with E-state index in [1.807, 2.05) is 30.3 Å². The van der Waals surface area contributed by atoms with E-state index >= 15 is 0 Å². The fourth-order valence-electron chi connectivity index (χ4n) is 1.80. The third kappa shape index (κ3) is 2.96. The number of nitrogens with one attached hydrogen (secondary N) is 1. The van der Waals surface area contributed by atoms with E-state index in [9.17, 15) is 13.2 Å². The number of esters is 1. The van der Waals surface area contributed by atoms with Crippen molar-refractivity contribution in [2.24, 2.45) is 0 Å². The maximum atomic E-state index is 11.8. The van der Waals surface area contributed by atoms with Gasteiger partial charge < -0.3 is 4.74 Å². The normalized spacial score (nSPS) is 18.7. The summed E-state index contributed by atoms with van der Waals surface area (Å²) in [6.07, 6.45) is 0.362. The minimum absolute atomic E-state index is 0.149. The Morgan fingerprint density at radius 3 is 2.72 bits per heavy atom. The van der Waals surface area contributed by atoms with Gasteiger partial charge in [0.1, 0.15) is 12.6 Å². The largest absolute Gasteiger partial charge is 0.459 e. The van der Waals surface area contributed by atoms with Crippen LogP contribution in [0.5, 0.6) is 0 Å². The smallest absolute Gasteiger partial charge is 0.328 e. The van der Waals surface area contributed by atoms with Gasteiger partial charge in [-0.1, -0.05) is 30.3 Å². The molecule has 0 amide bonds. The van der Waals surface area contributed by atoms with Crippen molar-refractivity contribution >= 4 is 21.1 Å². The third-order valence-electron chi connectivity index (χ3n) is 2.72. The van der Waals surface area contributed by atoms with Crippen LogP contribution in [0.2, 0.25) is 0 Å². The van der Waals surface area contributed by atoms with Gasteiger partial charge in [-0.2, -0.15) is 8.42 Å². The Hall–Kier alpha value is -1.66. The fourth-order valence-corrected chi connectivity index (χ4v) is 2.44. The highest BCUT2D eigenvalue weighted by atomic mass is 32.2. The van der Waals surface area contributed by atoms with Crippen LogP contribution in [0.4, 0.5) is 0 Å². The first-order valence-corrected chi connectivity index (χ1v) is 6.65. The van der Waals surface area contributed by atoms with Crippen LogP contribution in [0.1, 0.15) is 12.0 Å². The van der Waals surface area contributed by atoms with Gasteiger partial charge in [0.05, 0.1) is 4.86 Å². The van der Waals surface area contributed by atoms with Crippen molar-refractivity contribution in [3.05, 3.63) is 35.9 Å². The summed E-state index contributed by atoms with van der Waals surface area (Å²) in [5.74, 6) is -0.546. The lowest BCUT2D eigenvalue weighted by Gasteiger charge is -2.10. The monoisotopic (exact) mass is 267 g/mol. The number of benzene rings is 1. The summed E-state index contributed by atoms with van der Waals surface area (Å²) in [6, 6.07) is 8.42. The van der Waals surface area contributed by atoms with Crippen LogP contribution < -0.4 is 5.32 Å². The average Bonchev–Trinajstić information content (AvgIpc) is 2.86. The van der Waals surface area contributed by atoms with Crippen molar-refractivity contribution in [1.82, 2.24) is 5.32 Å². The Morgan fingerprint density at radius 1 is 1.33 bits per heavy atom. The van der Waals surface area contributed by atoms with Gasteiger partial charge in [-0.25, -0.2) is 4.79 Å². The maximum absolute atomic E-state index is 11.8. The molecule has 1 aliphatic heterocycles. The van der Waals surface area contributed by atoms with Crippen molar-refractivity contribution in [3.8, 4) is 0 Å². The summed E-state index contributed by atoms with van der Waals surface area (Å²) in [5, 5.41) is 2.82. The Morgan fingerprint density at radius 2 is 2.06 bits per heavy atom. The highest BCUT2D eigenvalue weighted by Crippen LogP contribution is 2.07. The highest BCUT2D eigenvalue weighted by Gasteiger charge is 2.31. The van der Waals surface area contributed by atoms with Gasteiger partial charge in [-0.15, -0.1) is 0 Å². The molecule has 6 heteroatoms. The van der Waals surface area contributed by atoms with Gasteiger partial charge in [0, 0.05) is 6.54 Å². The molecule has 18 heavy (non-hydrogen) atoms. The minimum atomic E-state index is -2.34. The molecule has 1 aromatic carbocycles. The minimum Gasteiger partial charge on any atom is -0.459 e. The van der Waals surface area contributed by atoms with Crippen molar-refractivity contribution in [2.75, 3.05) is 6.54 Å². The van der Waals surface area contributed by atoms with E-state index in [-0.39, 0.29) is 11.5 Å². The van der Waals surface area contributed by atoms with Crippen molar-refractivity contribution in [2.45, 2.75) is 19.1 Å². The predicted molar refractivity (Wildman–Crippen MR) is 66.6 cm³/mol. The number of hydrogen-bond acceptors (Lipinski definition) is 5. The van der Waals surface area contributed by atoms with Gasteiger partial charge in [-0.3, -0.25) is 5.32 Å². The second kappa shape index (κ2) is 5.79. The summed E-state index contributed by atoms with van der Waals surface area (Å²) in [7, 11) is -2.34. The highest BCUT2D eigenvalue weighted by molar-refractivity contribution is 7.73. The molecular formula is C12H13NO4S. The molecule has 96 valence electrons. The van der Waals surface area contributed by atoms with Gasteiger partial charge >= 0.3 is 5.97 Å². The maximum Gasteiger partial charge on any atom is 0.328 e. The first kappa shape index (κ1) is 12.8. The lowest BCUT2D eigenvalue weighted by molar-refractivity contribution is -0.145. The standard InChI is InChI=1S/C12H13NO4S/c14-12(11-10(18(15)16)6-7-13-11)17-8-9-4-2-1-3-5-9/h1-5,11,13H,6-8H2/t11-/m1/s1. The SMILES string of the molecule is O=C(OCc1ccccc1)[C@@H]1NCCC1=S(=O)=O. The van der Waals surface area contributed by atoms with Crippen molar-refractivity contribution in [3.63, 3.8) is 0 Å². The molecule has 0 bridgehead atoms. The van der Waals surface area contributed by atoms with Crippen molar-refractivity contribution < 1.29 is 17.9 Å². The first-order chi connectivity index (χ1) is 8.68. The molecule has 0 spiro atoms. The molecule has 1 saturated heterocycles. The van der Waals surface area contributed by atoms with E-state index in [0.29, 0.717) is 13.0 Å². The topological polar surface area (TPSA) is 72.5 Å². The Labute approximate surface area is 106 Å². The van der Waals surface area contributed by atoms with E-state index in [4.69, 9.17) is 4.74 Å². The van der Waals surface area contributed by atoms with Gasteiger partial charge in [0.2, 0.25) is 10.3 Å². The number of hydrogen-bond donors (Lipinski definition) is 1. The van der Waals surface area contributed by atoms with E-state index in [1.54, 1.807) is 0 Å². The van der Waals surface area contributed by atoms with Crippen LogP contribution in [-0.2, 0) is 26.4 Å². The summed E-state index contributed by atoms with van der Waals surface area (Å²) in [4.78, 5) is 11.9. The average molecular weight is 267 g/mol. The van der Waals surface area contributed by atoms with E-state index < -0.39 is 22.3 Å². The summed E-state index contributed by atoms with van der Waals surface area (Å²) >= 11 is 0. The number of carbonyl (C=O) groups is 1. The van der Waals surface area contributed by atoms with Crippen LogP contribution in [0.3, 0.4) is 0 Å². The van der Waals surface area contributed by atoms with Crippen LogP contribution in [0.25, 0.3) is 0 Å². The number of ether oxygens (including phenoxy) is 1. The predicted octanol–water partition coefficient (Wildman–Crippen LogP) is 0.143. The molecule has 1 aliphatic rings. The zero-order valence-corrected chi connectivity index (χ0v) is 10.4. The molecule has 5 nitrogen and oxygen atoms in total. The molecule has 0 unspecified atom stereocenters. The Balaban J connectivity index is 1.99. The molecule has 0 radical (unpaired) electrons. The zero-order valence-electron chi connectivity index (χ0n) is 9.63. The quantitative estimate of drug-likeness (QED) is 0.623. The second-order valence-corrected chi connectivity index (χ2v) is 4.93. The van der Waals surface area contributed by atoms with Gasteiger partial charge in [0.15, 0.2) is 0 Å². The van der Waals surface area contributed by atoms with Crippen LogP contribution in [-0.4, -0.2) is 31.8 Å². The number of carbonyl (C=O) groups excluding carboxylic acids is 1. The Kier molecular flexibility index (Phi) is 4.11. The summed E-state index contributed by atoms with van der Waals surface area (Å²) in [6.45, 7) is 0.630. The lowest BCUT2D eigenvalue weighted by Crippen LogP contribution is -2.37. The summed E-state index contributed by atoms with van der Waals surface area (Å²) in [5.41, 5.74) is 0.869. The molecule has 1 fully saturated rings. The van der Waals surface area contributed by atoms with Crippen LogP contribution in [0.15, 0.2) is 30.3 Å². The molecule has 0 aromatic heterocycles.